The van der Waals surface area contributed by atoms with Gasteiger partial charge < -0.3 is 19.0 Å². The van der Waals surface area contributed by atoms with Crippen molar-refractivity contribution in [2.75, 3.05) is 6.54 Å². The average Bonchev–Trinajstić information content (AvgIpc) is 3.68. The number of pyridine rings is 1. The third kappa shape index (κ3) is 5.12. The van der Waals surface area contributed by atoms with Crippen LogP contribution in [0.1, 0.15) is 28.6 Å². The van der Waals surface area contributed by atoms with Gasteiger partial charge in [-0.05, 0) is 24.3 Å². The molecule has 0 aromatic carbocycles. The normalized spacial score (nSPS) is 13.1. The molecule has 16 heteroatoms. The second kappa shape index (κ2) is 10.1. The van der Waals surface area contributed by atoms with Gasteiger partial charge in [0.2, 0.25) is 0 Å². The summed E-state index contributed by atoms with van der Waals surface area (Å²) in [6.45, 7) is -4.72. The van der Waals surface area contributed by atoms with Crippen LogP contribution in [-0.4, -0.2) is 63.5 Å². The number of carbonyl (C=O) groups excluding carboxylic acids is 1. The lowest BCUT2D eigenvalue weighted by Gasteiger charge is -2.24. The molecule has 1 N–H and O–H groups in total. The molecule has 0 aliphatic carbocycles. The number of nitrogens with zero attached hydrogens (tertiary/aromatic N) is 8. The van der Waals surface area contributed by atoms with Crippen LogP contribution in [0.25, 0.3) is 17.1 Å². The van der Waals surface area contributed by atoms with Crippen molar-refractivity contribution in [1.29, 1.82) is 0 Å². The minimum absolute atomic E-state index is 0.0800. The predicted molar refractivity (Wildman–Crippen MR) is 116 cm³/mol. The summed E-state index contributed by atoms with van der Waals surface area (Å²) < 4.78 is 60.4. The van der Waals surface area contributed by atoms with E-state index in [1.807, 2.05) is 0 Å². The van der Waals surface area contributed by atoms with Crippen LogP contribution in [0.2, 0.25) is 0 Å². The molecule has 0 bridgehead atoms. The maximum absolute atomic E-state index is 12.5. The molecule has 6 rings (SSSR count). The molecule has 0 saturated carbocycles. The van der Waals surface area contributed by atoms with Crippen molar-refractivity contribution in [3.8, 4) is 17.3 Å². The van der Waals surface area contributed by atoms with Gasteiger partial charge in [0.1, 0.15) is 11.2 Å². The Labute approximate surface area is 204 Å². The van der Waals surface area contributed by atoms with E-state index in [0.717, 1.165) is 17.6 Å². The average molecular weight is 519 g/mol. The van der Waals surface area contributed by atoms with Crippen LogP contribution in [0.5, 0.6) is 5.75 Å². The van der Waals surface area contributed by atoms with Crippen LogP contribution >= 0.6 is 0 Å². The number of ether oxygens (including phenoxy) is 1. The molecule has 1 amide bonds. The Morgan fingerprint density at radius 3 is 2.78 bits per heavy atom. The molecule has 37 heavy (non-hydrogen) atoms. The standard InChI is InChI=1S/C13H11F2N7O2.C8H6F2N2O/c14-13(15)22-4-2-8(20-22)10-18-19-11(24-10)12(23)21-3-1-7-9(5-21)17-6-16-7;9-8(10)13-7-2-1-5-12-6(7)3-4-11-12/h2,4,6,13H,1,3,5H2,(H,16,17);1-5,8H. The van der Waals surface area contributed by atoms with Gasteiger partial charge in [-0.3, -0.25) is 4.79 Å². The van der Waals surface area contributed by atoms with Crippen molar-refractivity contribution in [2.24, 2.45) is 0 Å². The van der Waals surface area contributed by atoms with Gasteiger partial charge in [-0.25, -0.2) is 14.2 Å². The number of hydrogen-bond donors (Lipinski definition) is 1. The number of alkyl halides is 4. The topological polar surface area (TPSA) is 132 Å². The van der Waals surface area contributed by atoms with Crippen molar-refractivity contribution in [3.63, 3.8) is 0 Å². The summed E-state index contributed by atoms with van der Waals surface area (Å²) in [6.07, 6.45) is 6.49. The second-order valence-corrected chi connectivity index (χ2v) is 7.59. The minimum Gasteiger partial charge on any atom is -0.433 e. The van der Waals surface area contributed by atoms with E-state index in [9.17, 15) is 22.4 Å². The van der Waals surface area contributed by atoms with Crippen molar-refractivity contribution in [2.45, 2.75) is 26.1 Å². The van der Waals surface area contributed by atoms with E-state index in [2.05, 4.69) is 35.1 Å². The first-order valence-electron chi connectivity index (χ1n) is 10.7. The van der Waals surface area contributed by atoms with Crippen LogP contribution in [0, 0.1) is 0 Å². The van der Waals surface area contributed by atoms with Crippen molar-refractivity contribution < 1.29 is 31.5 Å². The molecule has 1 aliphatic heterocycles. The van der Waals surface area contributed by atoms with Gasteiger partial charge in [-0.15, -0.1) is 10.2 Å². The van der Waals surface area contributed by atoms with E-state index in [1.54, 1.807) is 29.6 Å². The lowest BCUT2D eigenvalue weighted by Crippen LogP contribution is -2.36. The number of aromatic nitrogens is 8. The second-order valence-electron chi connectivity index (χ2n) is 7.59. The maximum Gasteiger partial charge on any atom is 0.387 e. The molecule has 0 saturated heterocycles. The molecule has 192 valence electrons. The SMILES string of the molecule is FC(F)Oc1cccn2nccc12.O=C(c1nnc(-c2ccn(C(F)F)n2)o1)N1CCc2nc[nH]c2C1. The molecular formula is C21H17F4N9O3. The van der Waals surface area contributed by atoms with Gasteiger partial charge in [0.15, 0.2) is 5.75 Å². The quantitative estimate of drug-likeness (QED) is 0.350. The van der Waals surface area contributed by atoms with Crippen molar-refractivity contribution in [1.82, 2.24) is 44.5 Å². The molecule has 0 radical (unpaired) electrons. The Bertz CT molecular complexity index is 1510. The summed E-state index contributed by atoms with van der Waals surface area (Å²) in [5.41, 5.74) is 2.41. The van der Waals surface area contributed by atoms with Gasteiger partial charge in [0.05, 0.1) is 30.5 Å². The number of carbonyl (C=O) groups is 1. The summed E-state index contributed by atoms with van der Waals surface area (Å²) in [4.78, 5) is 21.1. The highest BCUT2D eigenvalue weighted by molar-refractivity contribution is 5.89. The number of halogens is 4. The molecule has 0 unspecified atom stereocenters. The number of fused-ring (bicyclic) bond motifs is 2. The zero-order chi connectivity index (χ0) is 25.9. The van der Waals surface area contributed by atoms with Crippen LogP contribution in [0.3, 0.4) is 0 Å². The Kier molecular flexibility index (Phi) is 6.53. The fraction of sp³-hybridized carbons (Fsp3) is 0.238. The molecule has 0 spiro atoms. The number of aromatic amines is 1. The Morgan fingerprint density at radius 2 is 2.00 bits per heavy atom. The molecule has 0 atom stereocenters. The first kappa shape index (κ1) is 24.0. The lowest BCUT2D eigenvalue weighted by atomic mass is 10.1. The van der Waals surface area contributed by atoms with Crippen LogP contribution < -0.4 is 4.74 Å². The summed E-state index contributed by atoms with van der Waals surface area (Å²) in [5.74, 6) is -0.589. The highest BCUT2D eigenvalue weighted by Gasteiger charge is 2.27. The highest BCUT2D eigenvalue weighted by atomic mass is 19.3. The van der Waals surface area contributed by atoms with E-state index >= 15 is 0 Å². The van der Waals surface area contributed by atoms with Gasteiger partial charge in [0, 0.05) is 25.4 Å². The van der Waals surface area contributed by atoms with Gasteiger partial charge >= 0.3 is 25.0 Å². The van der Waals surface area contributed by atoms with Crippen LogP contribution in [-0.2, 0) is 13.0 Å². The van der Waals surface area contributed by atoms with Gasteiger partial charge in [-0.1, -0.05) is 0 Å². The van der Waals surface area contributed by atoms with Gasteiger partial charge in [0.25, 0.3) is 5.89 Å². The predicted octanol–water partition coefficient (Wildman–Crippen LogP) is 3.19. The Morgan fingerprint density at radius 1 is 1.14 bits per heavy atom. The summed E-state index contributed by atoms with van der Waals surface area (Å²) in [5, 5.41) is 14.9. The van der Waals surface area contributed by atoms with E-state index in [-0.39, 0.29) is 23.2 Å². The molecule has 1 aliphatic rings. The van der Waals surface area contributed by atoms with Crippen molar-refractivity contribution in [3.05, 3.63) is 66.5 Å². The summed E-state index contributed by atoms with van der Waals surface area (Å²) >= 11 is 0. The van der Waals surface area contributed by atoms with Crippen LogP contribution in [0.15, 0.2) is 53.6 Å². The lowest BCUT2D eigenvalue weighted by molar-refractivity contribution is -0.0490. The van der Waals surface area contributed by atoms with Crippen LogP contribution in [0.4, 0.5) is 17.6 Å². The maximum atomic E-state index is 12.5. The number of rotatable bonds is 5. The molecule has 5 aromatic heterocycles. The number of amides is 1. The summed E-state index contributed by atoms with van der Waals surface area (Å²) in [7, 11) is 0. The van der Waals surface area contributed by atoms with E-state index in [1.165, 1.54) is 22.8 Å². The summed E-state index contributed by atoms with van der Waals surface area (Å²) in [6, 6.07) is 5.99. The first-order valence-corrected chi connectivity index (χ1v) is 10.7. The minimum atomic E-state index is -2.80. The zero-order valence-corrected chi connectivity index (χ0v) is 18.7. The zero-order valence-electron chi connectivity index (χ0n) is 18.7. The number of imidazole rings is 1. The first-order chi connectivity index (χ1) is 17.9. The molecule has 0 fully saturated rings. The third-order valence-electron chi connectivity index (χ3n) is 5.31. The highest BCUT2D eigenvalue weighted by Crippen LogP contribution is 2.22. The number of nitrogens with one attached hydrogen (secondary N) is 1. The van der Waals surface area contributed by atoms with Gasteiger partial charge in [-0.2, -0.15) is 27.8 Å². The molecule has 12 nitrogen and oxygen atoms in total. The smallest absolute Gasteiger partial charge is 0.387 e. The molecule has 6 heterocycles. The monoisotopic (exact) mass is 519 g/mol. The Hall–Kier alpha value is -4.76. The van der Waals surface area contributed by atoms with E-state index < -0.39 is 19.1 Å². The van der Waals surface area contributed by atoms with Crippen molar-refractivity contribution >= 4 is 11.4 Å². The largest absolute Gasteiger partial charge is 0.433 e. The molecular weight excluding hydrogens is 502 g/mol. The van der Waals surface area contributed by atoms with E-state index in [0.29, 0.717) is 29.7 Å². The number of hydrogen-bond acceptors (Lipinski definition) is 8. The number of H-pyrrole nitrogens is 1. The molecule has 5 aromatic rings. The fourth-order valence-electron chi connectivity index (χ4n) is 3.62. The third-order valence-corrected chi connectivity index (χ3v) is 5.31. The Balaban J connectivity index is 0.000000182. The fourth-order valence-corrected chi connectivity index (χ4v) is 3.62. The van der Waals surface area contributed by atoms with E-state index in [4.69, 9.17) is 4.42 Å².